The Hall–Kier alpha value is -1.99. The molecule has 0 heterocycles. The van der Waals surface area contributed by atoms with Gasteiger partial charge in [0.05, 0.1) is 12.5 Å². The van der Waals surface area contributed by atoms with Crippen LogP contribution in [0.1, 0.15) is 33.1 Å². The van der Waals surface area contributed by atoms with Crippen LogP contribution in [-0.2, 0) is 24.0 Å². The predicted molar refractivity (Wildman–Crippen MR) is 120 cm³/mol. The van der Waals surface area contributed by atoms with Crippen LogP contribution in [0.2, 0.25) is 0 Å². The summed E-state index contributed by atoms with van der Waals surface area (Å²) in [4.78, 5) is 59.7. The minimum absolute atomic E-state index is 0.112. The molecule has 0 aliphatic carbocycles. The minimum atomic E-state index is -1.45. The topological polar surface area (TPSA) is 188 Å². The number of nitrogens with one attached hydrogen (secondary N) is 3. The zero-order chi connectivity index (χ0) is 24.1. The third kappa shape index (κ3) is 11.8. The number of carbonyl (C=O) groups is 5. The van der Waals surface area contributed by atoms with Crippen LogP contribution in [0.25, 0.3) is 0 Å². The summed E-state index contributed by atoms with van der Waals surface area (Å²) in [6.07, 6.45) is 1.58. The molecule has 0 aromatic rings. The van der Waals surface area contributed by atoms with E-state index in [1.165, 1.54) is 11.8 Å². The zero-order valence-corrected chi connectivity index (χ0v) is 19.5. The number of thiol groups is 1. The predicted octanol–water partition coefficient (Wildman–Crippen LogP) is -0.944. The lowest BCUT2D eigenvalue weighted by Gasteiger charge is -2.24. The summed E-state index contributed by atoms with van der Waals surface area (Å²) >= 11 is 5.28. The first-order valence-corrected chi connectivity index (χ1v) is 11.7. The van der Waals surface area contributed by atoms with E-state index in [0.717, 1.165) is 0 Å². The standard InChI is InChI=1S/C18H32N4O7S2/c1-9(2)6-10(19)15(25)21-12(7-14(23)24)17(27)20-11(4-5-31-3)16(26)22-13(8-30)18(28)29/h9-13,30H,4-8,19H2,1-3H3,(H,20,27)(H,21,25)(H,22,26)(H,23,24)(H,28,29). The molecule has 0 aliphatic rings. The highest BCUT2D eigenvalue weighted by Crippen LogP contribution is 2.06. The van der Waals surface area contributed by atoms with Gasteiger partial charge in [-0.15, -0.1) is 0 Å². The lowest BCUT2D eigenvalue weighted by atomic mass is 10.0. The molecule has 0 saturated heterocycles. The van der Waals surface area contributed by atoms with E-state index in [-0.39, 0.29) is 18.1 Å². The van der Waals surface area contributed by atoms with Crippen LogP contribution in [-0.4, -0.2) is 81.8 Å². The molecule has 0 rings (SSSR count). The van der Waals surface area contributed by atoms with Crippen molar-refractivity contribution in [3.8, 4) is 0 Å². The molecule has 0 spiro atoms. The van der Waals surface area contributed by atoms with Gasteiger partial charge in [-0.2, -0.15) is 24.4 Å². The first-order chi connectivity index (χ1) is 14.4. The van der Waals surface area contributed by atoms with E-state index < -0.39 is 60.2 Å². The molecule has 0 aliphatic heterocycles. The molecule has 178 valence electrons. The van der Waals surface area contributed by atoms with Crippen molar-refractivity contribution >= 4 is 54.1 Å². The summed E-state index contributed by atoms with van der Waals surface area (Å²) in [6, 6.07) is -4.76. The molecule has 0 fully saturated rings. The van der Waals surface area contributed by atoms with E-state index in [2.05, 4.69) is 28.6 Å². The maximum atomic E-state index is 12.7. The third-order valence-corrected chi connectivity index (χ3v) is 5.12. The Morgan fingerprint density at radius 1 is 0.935 bits per heavy atom. The normalized spacial score (nSPS) is 14.8. The molecule has 7 N–H and O–H groups in total. The van der Waals surface area contributed by atoms with Gasteiger partial charge in [-0.25, -0.2) is 4.79 Å². The number of aliphatic carboxylic acids is 2. The summed E-state index contributed by atoms with van der Waals surface area (Å²) < 4.78 is 0. The van der Waals surface area contributed by atoms with Gasteiger partial charge in [-0.1, -0.05) is 13.8 Å². The third-order valence-electron chi connectivity index (χ3n) is 4.11. The van der Waals surface area contributed by atoms with Crippen LogP contribution in [0.15, 0.2) is 0 Å². The number of nitrogens with two attached hydrogens (primary N) is 1. The van der Waals surface area contributed by atoms with Gasteiger partial charge in [-0.05, 0) is 30.8 Å². The zero-order valence-electron chi connectivity index (χ0n) is 17.8. The van der Waals surface area contributed by atoms with Crippen molar-refractivity contribution in [2.75, 3.05) is 17.8 Å². The Kier molecular flexibility index (Phi) is 14.0. The van der Waals surface area contributed by atoms with E-state index in [1.807, 2.05) is 13.8 Å². The van der Waals surface area contributed by atoms with E-state index in [9.17, 15) is 24.0 Å². The van der Waals surface area contributed by atoms with E-state index in [1.54, 1.807) is 6.26 Å². The maximum absolute atomic E-state index is 12.7. The molecule has 11 nitrogen and oxygen atoms in total. The number of carbonyl (C=O) groups excluding carboxylic acids is 3. The summed E-state index contributed by atoms with van der Waals surface area (Å²) in [5.41, 5.74) is 5.79. The summed E-state index contributed by atoms with van der Waals surface area (Å²) in [5, 5.41) is 25.2. The Morgan fingerprint density at radius 3 is 1.90 bits per heavy atom. The van der Waals surface area contributed by atoms with Crippen LogP contribution in [0.3, 0.4) is 0 Å². The molecular formula is C18H32N4O7S2. The molecule has 13 heteroatoms. The van der Waals surface area contributed by atoms with Crippen LogP contribution >= 0.6 is 24.4 Å². The number of carboxylic acid groups (broad SMARTS) is 2. The van der Waals surface area contributed by atoms with Gasteiger partial charge in [0.25, 0.3) is 0 Å². The van der Waals surface area contributed by atoms with Crippen LogP contribution in [0, 0.1) is 5.92 Å². The molecule has 0 saturated carbocycles. The number of carboxylic acids is 2. The van der Waals surface area contributed by atoms with Crippen molar-refractivity contribution in [3.63, 3.8) is 0 Å². The number of hydrogen-bond acceptors (Lipinski definition) is 8. The van der Waals surface area contributed by atoms with Crippen molar-refractivity contribution in [2.45, 2.75) is 57.3 Å². The number of amides is 3. The molecule has 0 bridgehead atoms. The Bertz CT molecular complexity index is 648. The van der Waals surface area contributed by atoms with Gasteiger partial charge >= 0.3 is 11.9 Å². The fourth-order valence-electron chi connectivity index (χ4n) is 2.51. The second-order valence-electron chi connectivity index (χ2n) is 7.32. The molecule has 4 unspecified atom stereocenters. The summed E-state index contributed by atoms with van der Waals surface area (Å²) in [5.74, 6) is -4.51. The van der Waals surface area contributed by atoms with Gasteiger partial charge in [0.1, 0.15) is 18.1 Å². The second-order valence-corrected chi connectivity index (χ2v) is 8.67. The van der Waals surface area contributed by atoms with Crippen LogP contribution in [0.5, 0.6) is 0 Å². The monoisotopic (exact) mass is 480 g/mol. The van der Waals surface area contributed by atoms with Crippen molar-refractivity contribution < 1.29 is 34.2 Å². The van der Waals surface area contributed by atoms with E-state index in [4.69, 9.17) is 15.9 Å². The Morgan fingerprint density at radius 2 is 1.45 bits per heavy atom. The van der Waals surface area contributed by atoms with Gasteiger partial charge in [-0.3, -0.25) is 19.2 Å². The smallest absolute Gasteiger partial charge is 0.327 e. The number of thioether (sulfide) groups is 1. The summed E-state index contributed by atoms with van der Waals surface area (Å²) in [6.45, 7) is 3.72. The lowest BCUT2D eigenvalue weighted by Crippen LogP contribution is -2.57. The fraction of sp³-hybridized carbons (Fsp3) is 0.722. The molecule has 3 amide bonds. The molecule has 4 atom stereocenters. The Labute approximate surface area is 191 Å². The molecular weight excluding hydrogens is 448 g/mol. The average Bonchev–Trinajstić information content (AvgIpc) is 2.66. The maximum Gasteiger partial charge on any atom is 0.327 e. The van der Waals surface area contributed by atoms with Crippen molar-refractivity contribution in [2.24, 2.45) is 11.7 Å². The molecule has 0 aromatic carbocycles. The average molecular weight is 481 g/mol. The van der Waals surface area contributed by atoms with Gasteiger partial charge < -0.3 is 31.9 Å². The highest BCUT2D eigenvalue weighted by Gasteiger charge is 2.31. The second kappa shape index (κ2) is 14.9. The first kappa shape index (κ1) is 29.0. The van der Waals surface area contributed by atoms with Crippen molar-refractivity contribution in [1.29, 1.82) is 0 Å². The van der Waals surface area contributed by atoms with Crippen molar-refractivity contribution in [3.05, 3.63) is 0 Å². The Balaban J connectivity index is 5.38. The highest BCUT2D eigenvalue weighted by molar-refractivity contribution is 7.98. The minimum Gasteiger partial charge on any atom is -0.481 e. The van der Waals surface area contributed by atoms with Crippen molar-refractivity contribution in [1.82, 2.24) is 16.0 Å². The van der Waals surface area contributed by atoms with Gasteiger partial charge in [0, 0.05) is 5.75 Å². The fourth-order valence-corrected chi connectivity index (χ4v) is 3.23. The number of hydrogen-bond donors (Lipinski definition) is 7. The summed E-state index contributed by atoms with van der Waals surface area (Å²) in [7, 11) is 0. The first-order valence-electron chi connectivity index (χ1n) is 9.63. The highest BCUT2D eigenvalue weighted by atomic mass is 32.2. The van der Waals surface area contributed by atoms with Gasteiger partial charge in [0.15, 0.2) is 0 Å². The quantitative estimate of drug-likeness (QED) is 0.145. The molecule has 31 heavy (non-hydrogen) atoms. The van der Waals surface area contributed by atoms with Gasteiger partial charge in [0.2, 0.25) is 17.7 Å². The van der Waals surface area contributed by atoms with E-state index in [0.29, 0.717) is 12.2 Å². The number of rotatable bonds is 15. The van der Waals surface area contributed by atoms with Crippen LogP contribution in [0.4, 0.5) is 0 Å². The molecule has 0 aromatic heterocycles. The molecule has 0 radical (unpaired) electrons. The van der Waals surface area contributed by atoms with Crippen LogP contribution < -0.4 is 21.7 Å². The SMILES string of the molecule is CSCCC(NC(=O)C(CC(=O)O)NC(=O)C(N)CC(C)C)C(=O)NC(CS)C(=O)O. The lowest BCUT2D eigenvalue weighted by molar-refractivity contribution is -0.142. The van der Waals surface area contributed by atoms with E-state index >= 15 is 0 Å². The largest absolute Gasteiger partial charge is 0.481 e.